The summed E-state index contributed by atoms with van der Waals surface area (Å²) in [5.41, 5.74) is 13.7. The average molecular weight is 511 g/mol. The Balaban J connectivity index is 0.00000280. The number of carbonyl (C=O) groups excluding carboxylic acids is 2. The fraction of sp³-hybridized carbons (Fsp3) is 0.133. The van der Waals surface area contributed by atoms with E-state index in [1.807, 2.05) is 78.6 Å². The second-order valence-electron chi connectivity index (χ2n) is 9.36. The molecule has 2 aromatic heterocycles. The zero-order valence-corrected chi connectivity index (χ0v) is 21.4. The third-order valence-electron chi connectivity index (χ3n) is 7.15. The van der Waals surface area contributed by atoms with Crippen molar-refractivity contribution in [3.63, 3.8) is 0 Å². The number of amides is 2. The van der Waals surface area contributed by atoms with Gasteiger partial charge in [0.1, 0.15) is 0 Å². The lowest BCUT2D eigenvalue weighted by molar-refractivity contribution is -0.122. The van der Waals surface area contributed by atoms with Crippen molar-refractivity contribution >= 4 is 57.2 Å². The Kier molecular flexibility index (Phi) is 6.23. The number of carbonyl (C=O) groups is 2. The summed E-state index contributed by atoms with van der Waals surface area (Å²) in [6.07, 6.45) is 3.93. The second kappa shape index (κ2) is 9.39. The van der Waals surface area contributed by atoms with Gasteiger partial charge in [0.15, 0.2) is 0 Å². The third kappa shape index (κ3) is 3.95. The molecule has 7 heteroatoms. The first kappa shape index (κ1) is 24.6. The van der Waals surface area contributed by atoms with Crippen molar-refractivity contribution in [1.29, 1.82) is 0 Å². The first-order chi connectivity index (χ1) is 17.5. The number of fused-ring (bicyclic) bond motifs is 2. The maximum absolute atomic E-state index is 13.2. The predicted octanol–water partition coefficient (Wildman–Crippen LogP) is 4.94. The lowest BCUT2D eigenvalue weighted by atomic mass is 9.95. The number of para-hydroxylation sites is 2. The number of hydrogen-bond donors (Lipinski definition) is 2. The summed E-state index contributed by atoms with van der Waals surface area (Å²) in [5, 5.41) is 4.42. The van der Waals surface area contributed by atoms with E-state index in [9.17, 15) is 9.59 Å². The van der Waals surface area contributed by atoms with Gasteiger partial charge in [-0.15, -0.1) is 12.4 Å². The fourth-order valence-electron chi connectivity index (χ4n) is 5.29. The number of nitrogens with two attached hydrogens (primary N) is 1. The third-order valence-corrected chi connectivity index (χ3v) is 7.15. The Morgan fingerprint density at radius 2 is 1.41 bits per heavy atom. The normalized spacial score (nSPS) is 13.5. The molecule has 186 valence electrons. The number of rotatable bonds is 5. The maximum Gasteiger partial charge on any atom is 0.259 e. The van der Waals surface area contributed by atoms with E-state index in [1.165, 1.54) is 11.1 Å². The standard InChI is InChI=1S/C30H26N4O2.ClH/c1-18-11-12-19(14-31)13-20(18)15-34-17-24(22-8-4-6-10-26(22)34)28-27(29(35)32-30(28)36)23-16-33(2)25-9-5-3-7-21(23)25;/h3-13,16-17H,14-15,31H2,1-2H3,(H,32,35,36);1H. The van der Waals surface area contributed by atoms with Crippen LogP contribution in [0.2, 0.25) is 0 Å². The number of nitrogens with one attached hydrogen (secondary N) is 1. The summed E-state index contributed by atoms with van der Waals surface area (Å²) in [5.74, 6) is -0.734. The van der Waals surface area contributed by atoms with E-state index in [2.05, 4.69) is 28.9 Å². The average Bonchev–Trinajstić information content (AvgIpc) is 3.51. The number of aryl methyl sites for hydroxylation is 2. The van der Waals surface area contributed by atoms with Crippen molar-refractivity contribution in [3.8, 4) is 0 Å². The van der Waals surface area contributed by atoms with E-state index < -0.39 is 0 Å². The van der Waals surface area contributed by atoms with Crippen molar-refractivity contribution in [2.75, 3.05) is 0 Å². The van der Waals surface area contributed by atoms with Gasteiger partial charge in [0.2, 0.25) is 0 Å². The lowest BCUT2D eigenvalue weighted by Gasteiger charge is -2.10. The van der Waals surface area contributed by atoms with Crippen LogP contribution in [0.4, 0.5) is 0 Å². The molecule has 2 amide bonds. The predicted molar refractivity (Wildman–Crippen MR) is 150 cm³/mol. The molecule has 3 aromatic carbocycles. The van der Waals surface area contributed by atoms with Gasteiger partial charge in [-0.2, -0.15) is 0 Å². The van der Waals surface area contributed by atoms with Crippen molar-refractivity contribution in [2.45, 2.75) is 20.0 Å². The summed E-state index contributed by atoms with van der Waals surface area (Å²) in [6.45, 7) is 3.20. The molecular formula is C30H27ClN4O2. The van der Waals surface area contributed by atoms with Crippen LogP contribution in [-0.2, 0) is 29.7 Å². The minimum atomic E-state index is -0.368. The van der Waals surface area contributed by atoms with Gasteiger partial charge in [0, 0.05) is 65.5 Å². The Morgan fingerprint density at radius 3 is 2.08 bits per heavy atom. The first-order valence-corrected chi connectivity index (χ1v) is 12.0. The molecule has 0 saturated carbocycles. The summed E-state index contributed by atoms with van der Waals surface area (Å²) in [4.78, 5) is 26.4. The number of halogens is 1. The van der Waals surface area contributed by atoms with Crippen LogP contribution in [0.5, 0.6) is 0 Å². The Morgan fingerprint density at radius 1 is 0.811 bits per heavy atom. The van der Waals surface area contributed by atoms with Crippen molar-refractivity contribution in [2.24, 2.45) is 12.8 Å². The summed E-state index contributed by atoms with van der Waals surface area (Å²) in [6, 6.07) is 22.2. The molecule has 0 bridgehead atoms. The number of aromatic nitrogens is 2. The van der Waals surface area contributed by atoms with Crippen molar-refractivity contribution in [3.05, 3.63) is 107 Å². The van der Waals surface area contributed by atoms with Crippen molar-refractivity contribution < 1.29 is 9.59 Å². The molecule has 0 spiro atoms. The highest BCUT2D eigenvalue weighted by atomic mass is 35.5. The van der Waals surface area contributed by atoms with Crippen LogP contribution in [0.1, 0.15) is 27.8 Å². The van der Waals surface area contributed by atoms with Crippen LogP contribution < -0.4 is 11.1 Å². The molecule has 0 atom stereocenters. The van der Waals surface area contributed by atoms with E-state index in [1.54, 1.807) is 0 Å². The number of imide groups is 1. The van der Waals surface area contributed by atoms with Crippen LogP contribution >= 0.6 is 12.4 Å². The minimum Gasteiger partial charge on any atom is -0.350 e. The second-order valence-corrected chi connectivity index (χ2v) is 9.36. The molecule has 0 unspecified atom stereocenters. The van der Waals surface area contributed by atoms with E-state index in [-0.39, 0.29) is 24.2 Å². The molecule has 1 aliphatic rings. The maximum atomic E-state index is 13.2. The monoisotopic (exact) mass is 510 g/mol. The molecular weight excluding hydrogens is 484 g/mol. The quantitative estimate of drug-likeness (QED) is 0.329. The minimum absolute atomic E-state index is 0. The fourth-order valence-corrected chi connectivity index (χ4v) is 5.29. The molecule has 6 nitrogen and oxygen atoms in total. The van der Waals surface area contributed by atoms with Crippen LogP contribution in [0.25, 0.3) is 33.0 Å². The van der Waals surface area contributed by atoms with Gasteiger partial charge in [-0.1, -0.05) is 54.6 Å². The highest BCUT2D eigenvalue weighted by molar-refractivity contribution is 6.50. The SMILES string of the molecule is Cc1ccc(CN)cc1Cn1cc(C2=C(c3cn(C)c4ccccc34)C(=O)NC2=O)c2ccccc21.Cl. The summed E-state index contributed by atoms with van der Waals surface area (Å²) in [7, 11) is 1.95. The molecule has 0 aliphatic carbocycles. The van der Waals surface area contributed by atoms with Gasteiger partial charge in [-0.3, -0.25) is 14.9 Å². The van der Waals surface area contributed by atoms with Crippen molar-refractivity contribution in [1.82, 2.24) is 14.5 Å². The van der Waals surface area contributed by atoms with Gasteiger partial charge < -0.3 is 14.9 Å². The lowest BCUT2D eigenvalue weighted by Crippen LogP contribution is -2.22. The first-order valence-electron chi connectivity index (χ1n) is 12.0. The Labute approximate surface area is 220 Å². The molecule has 0 radical (unpaired) electrons. The molecule has 0 fully saturated rings. The zero-order valence-electron chi connectivity index (χ0n) is 20.6. The van der Waals surface area contributed by atoms with Gasteiger partial charge >= 0.3 is 0 Å². The van der Waals surface area contributed by atoms with Crippen LogP contribution in [-0.4, -0.2) is 20.9 Å². The van der Waals surface area contributed by atoms with Crippen LogP contribution in [0, 0.1) is 6.92 Å². The Bertz CT molecular complexity index is 1740. The molecule has 6 rings (SSSR count). The van der Waals surface area contributed by atoms with Gasteiger partial charge in [0.05, 0.1) is 11.1 Å². The molecule has 37 heavy (non-hydrogen) atoms. The molecule has 5 aromatic rings. The summed E-state index contributed by atoms with van der Waals surface area (Å²) < 4.78 is 4.14. The van der Waals surface area contributed by atoms with E-state index in [0.29, 0.717) is 24.2 Å². The smallest absolute Gasteiger partial charge is 0.259 e. The van der Waals surface area contributed by atoms with E-state index in [0.717, 1.165) is 38.5 Å². The molecule has 3 N–H and O–H groups in total. The largest absolute Gasteiger partial charge is 0.350 e. The molecule has 3 heterocycles. The molecule has 0 saturated heterocycles. The van der Waals surface area contributed by atoms with Crippen LogP contribution in [0.15, 0.2) is 79.1 Å². The highest BCUT2D eigenvalue weighted by Gasteiger charge is 2.35. The summed E-state index contributed by atoms with van der Waals surface area (Å²) >= 11 is 0. The van der Waals surface area contributed by atoms with E-state index >= 15 is 0 Å². The number of hydrogen-bond acceptors (Lipinski definition) is 3. The zero-order chi connectivity index (χ0) is 25.0. The van der Waals surface area contributed by atoms with Gasteiger partial charge in [-0.25, -0.2) is 0 Å². The van der Waals surface area contributed by atoms with Gasteiger partial charge in [-0.05, 0) is 35.7 Å². The highest BCUT2D eigenvalue weighted by Crippen LogP contribution is 2.39. The van der Waals surface area contributed by atoms with Gasteiger partial charge in [0.25, 0.3) is 11.8 Å². The Hall–Kier alpha value is -4.13. The number of benzene rings is 3. The topological polar surface area (TPSA) is 82.0 Å². The number of nitrogens with zero attached hydrogens (tertiary/aromatic N) is 2. The molecule has 1 aliphatic heterocycles. The van der Waals surface area contributed by atoms with Crippen LogP contribution in [0.3, 0.4) is 0 Å². The van der Waals surface area contributed by atoms with E-state index in [4.69, 9.17) is 5.73 Å².